The highest BCUT2D eigenvalue weighted by Crippen LogP contribution is 2.30. The number of hydrogen-bond acceptors (Lipinski definition) is 5. The van der Waals surface area contributed by atoms with Gasteiger partial charge in [0.15, 0.2) is 0 Å². The first-order chi connectivity index (χ1) is 9.59. The molecule has 21 heavy (non-hydrogen) atoms. The summed E-state index contributed by atoms with van der Waals surface area (Å²) in [5, 5.41) is 15.4. The summed E-state index contributed by atoms with van der Waals surface area (Å²) >= 11 is 5.88. The van der Waals surface area contributed by atoms with Gasteiger partial charge in [0, 0.05) is 25.7 Å². The average molecular weight is 336 g/mol. The Kier molecular flexibility index (Phi) is 5.26. The Hall–Kier alpha value is -1.71. The third-order valence-corrected chi connectivity index (χ3v) is 4.13. The summed E-state index contributed by atoms with van der Waals surface area (Å²) in [4.78, 5) is 22.9. The second kappa shape index (κ2) is 6.37. The summed E-state index contributed by atoms with van der Waals surface area (Å²) in [6.45, 7) is 2.23. The molecule has 0 unspecified atom stereocenters. The van der Waals surface area contributed by atoms with Crippen LogP contribution in [0.15, 0.2) is 17.0 Å². The predicted octanol–water partition coefficient (Wildman–Crippen LogP) is 1.38. The molecule has 0 fully saturated rings. The Morgan fingerprint density at radius 2 is 2.05 bits per heavy atom. The fourth-order valence-corrected chi connectivity index (χ4v) is 2.85. The molecule has 0 aliphatic rings. The number of nitro groups is 1. The van der Waals surface area contributed by atoms with Gasteiger partial charge in [0.05, 0.1) is 15.5 Å². The van der Waals surface area contributed by atoms with Crippen LogP contribution in [0.1, 0.15) is 23.7 Å². The Labute approximate surface area is 126 Å². The Morgan fingerprint density at radius 1 is 1.48 bits per heavy atom. The van der Waals surface area contributed by atoms with Gasteiger partial charge in [-0.2, -0.15) is 0 Å². The SMILES string of the molecule is CCCN(C)C(=O)c1cc([N+](=O)[O-])cc(S(N)(=O)=O)c1Cl. The van der Waals surface area contributed by atoms with Gasteiger partial charge in [-0.15, -0.1) is 0 Å². The second-order valence-corrected chi connectivity index (χ2v) is 6.24. The molecule has 0 radical (unpaired) electrons. The van der Waals surface area contributed by atoms with Gasteiger partial charge in [-0.05, 0) is 6.42 Å². The first-order valence-electron chi connectivity index (χ1n) is 5.85. The van der Waals surface area contributed by atoms with Crippen LogP contribution in [0.2, 0.25) is 5.02 Å². The van der Waals surface area contributed by atoms with E-state index in [0.717, 1.165) is 12.1 Å². The maximum Gasteiger partial charge on any atom is 0.271 e. The summed E-state index contributed by atoms with van der Waals surface area (Å²) in [6.07, 6.45) is 0.664. The van der Waals surface area contributed by atoms with Gasteiger partial charge < -0.3 is 4.90 Å². The summed E-state index contributed by atoms with van der Waals surface area (Å²) in [6, 6.07) is 1.67. The van der Waals surface area contributed by atoms with Gasteiger partial charge in [0.2, 0.25) is 10.0 Å². The molecule has 1 amide bonds. The first kappa shape index (κ1) is 17.3. The fourth-order valence-electron chi connectivity index (χ4n) is 1.69. The minimum absolute atomic E-state index is 0.272. The van der Waals surface area contributed by atoms with Gasteiger partial charge in [-0.1, -0.05) is 18.5 Å². The van der Waals surface area contributed by atoms with Crippen molar-refractivity contribution in [3.8, 4) is 0 Å². The van der Waals surface area contributed by atoms with Gasteiger partial charge in [0.1, 0.15) is 4.90 Å². The minimum atomic E-state index is -4.29. The number of nitro benzene ring substituents is 1. The minimum Gasteiger partial charge on any atom is -0.342 e. The van der Waals surface area contributed by atoms with E-state index >= 15 is 0 Å². The van der Waals surface area contributed by atoms with E-state index in [4.69, 9.17) is 16.7 Å². The molecule has 10 heteroatoms. The number of benzene rings is 1. The van der Waals surface area contributed by atoms with Crippen LogP contribution in [0.25, 0.3) is 0 Å². The van der Waals surface area contributed by atoms with Crippen molar-refractivity contribution < 1.29 is 18.1 Å². The molecule has 0 saturated carbocycles. The molecule has 0 spiro atoms. The van der Waals surface area contributed by atoms with E-state index in [1.165, 1.54) is 11.9 Å². The molecule has 0 aliphatic heterocycles. The number of non-ortho nitro benzene ring substituents is 1. The zero-order chi connectivity index (χ0) is 16.4. The molecule has 0 saturated heterocycles. The number of nitrogens with zero attached hydrogens (tertiary/aromatic N) is 2. The van der Waals surface area contributed by atoms with Crippen molar-refractivity contribution in [2.45, 2.75) is 18.2 Å². The molecule has 1 aromatic carbocycles. The Balaban J connectivity index is 3.55. The molecule has 1 rings (SSSR count). The largest absolute Gasteiger partial charge is 0.342 e. The maximum absolute atomic E-state index is 12.2. The van der Waals surface area contributed by atoms with Crippen LogP contribution >= 0.6 is 11.6 Å². The number of hydrogen-bond donors (Lipinski definition) is 1. The predicted molar refractivity (Wildman–Crippen MR) is 76.7 cm³/mol. The van der Waals surface area contributed by atoms with Gasteiger partial charge in [-0.3, -0.25) is 14.9 Å². The lowest BCUT2D eigenvalue weighted by atomic mass is 10.1. The van der Waals surface area contributed by atoms with E-state index in [2.05, 4.69) is 0 Å². The smallest absolute Gasteiger partial charge is 0.271 e. The lowest BCUT2D eigenvalue weighted by Crippen LogP contribution is -2.28. The standard InChI is InChI=1S/C11H14ClN3O5S/c1-3-4-14(2)11(16)8-5-7(15(17)18)6-9(10(8)12)21(13,19)20/h5-6H,3-4H2,1-2H3,(H2,13,19,20). The number of primary sulfonamides is 1. The third-order valence-electron chi connectivity index (χ3n) is 2.68. The molecule has 0 heterocycles. The average Bonchev–Trinajstić information content (AvgIpc) is 2.36. The Bertz CT molecular complexity index is 689. The number of sulfonamides is 1. The van der Waals surface area contributed by atoms with E-state index in [0.29, 0.717) is 13.0 Å². The first-order valence-corrected chi connectivity index (χ1v) is 7.78. The normalized spacial score (nSPS) is 11.2. The van der Waals surface area contributed by atoms with Crippen LogP contribution in [-0.2, 0) is 10.0 Å². The third kappa shape index (κ3) is 3.90. The summed E-state index contributed by atoms with van der Waals surface area (Å²) < 4.78 is 22.9. The highest BCUT2D eigenvalue weighted by Gasteiger charge is 2.26. The van der Waals surface area contributed by atoms with Crippen molar-refractivity contribution in [3.05, 3.63) is 32.8 Å². The number of nitrogens with two attached hydrogens (primary N) is 1. The van der Waals surface area contributed by atoms with E-state index in [-0.39, 0.29) is 5.56 Å². The van der Waals surface area contributed by atoms with Crippen LogP contribution in [0.5, 0.6) is 0 Å². The molecule has 2 N–H and O–H groups in total. The fraction of sp³-hybridized carbons (Fsp3) is 0.364. The highest BCUT2D eigenvalue weighted by atomic mass is 35.5. The monoisotopic (exact) mass is 335 g/mol. The van der Waals surface area contributed by atoms with Crippen LogP contribution in [0, 0.1) is 10.1 Å². The summed E-state index contributed by atoms with van der Waals surface area (Å²) in [5.41, 5.74) is -0.845. The van der Waals surface area contributed by atoms with Gasteiger partial charge >= 0.3 is 0 Å². The van der Waals surface area contributed by atoms with Crippen molar-refractivity contribution in [1.29, 1.82) is 0 Å². The van der Waals surface area contributed by atoms with Crippen molar-refractivity contribution in [2.24, 2.45) is 5.14 Å². The highest BCUT2D eigenvalue weighted by molar-refractivity contribution is 7.89. The van der Waals surface area contributed by atoms with E-state index in [1.54, 1.807) is 0 Å². The molecule has 0 aliphatic carbocycles. The van der Waals surface area contributed by atoms with Crippen LogP contribution in [-0.4, -0.2) is 37.7 Å². The molecule has 116 valence electrons. The van der Waals surface area contributed by atoms with Crippen LogP contribution < -0.4 is 5.14 Å². The van der Waals surface area contributed by atoms with E-state index in [9.17, 15) is 23.3 Å². The van der Waals surface area contributed by atoms with E-state index < -0.39 is 36.5 Å². The van der Waals surface area contributed by atoms with Crippen LogP contribution in [0.3, 0.4) is 0 Å². The molecular weight excluding hydrogens is 322 g/mol. The number of rotatable bonds is 5. The zero-order valence-electron chi connectivity index (χ0n) is 11.4. The van der Waals surface area contributed by atoms with Gasteiger partial charge in [0.25, 0.3) is 11.6 Å². The quantitative estimate of drug-likeness (QED) is 0.643. The lowest BCUT2D eigenvalue weighted by Gasteiger charge is -2.17. The van der Waals surface area contributed by atoms with Crippen molar-refractivity contribution in [3.63, 3.8) is 0 Å². The van der Waals surface area contributed by atoms with Gasteiger partial charge in [-0.25, -0.2) is 13.6 Å². The zero-order valence-corrected chi connectivity index (χ0v) is 12.9. The number of halogens is 1. The maximum atomic E-state index is 12.2. The summed E-state index contributed by atoms with van der Waals surface area (Å²) in [7, 11) is -2.81. The molecule has 8 nitrogen and oxygen atoms in total. The Morgan fingerprint density at radius 3 is 2.48 bits per heavy atom. The number of carbonyl (C=O) groups excluding carboxylic acids is 1. The lowest BCUT2D eigenvalue weighted by molar-refractivity contribution is -0.385. The molecule has 1 aromatic rings. The van der Waals surface area contributed by atoms with Crippen molar-refractivity contribution >= 4 is 33.2 Å². The van der Waals surface area contributed by atoms with Crippen molar-refractivity contribution in [2.75, 3.05) is 13.6 Å². The molecule has 0 bridgehead atoms. The topological polar surface area (TPSA) is 124 Å². The molecular formula is C11H14ClN3O5S. The summed E-state index contributed by atoms with van der Waals surface area (Å²) in [5.74, 6) is -0.615. The number of amides is 1. The van der Waals surface area contributed by atoms with Crippen molar-refractivity contribution in [1.82, 2.24) is 4.90 Å². The molecule has 0 aromatic heterocycles. The molecule has 0 atom stereocenters. The number of carbonyl (C=O) groups is 1. The van der Waals surface area contributed by atoms with Crippen LogP contribution in [0.4, 0.5) is 5.69 Å². The van der Waals surface area contributed by atoms with E-state index in [1.807, 2.05) is 6.92 Å². The second-order valence-electron chi connectivity index (χ2n) is 4.33.